The average Bonchev–Trinajstić information content (AvgIpc) is 2.91. The normalized spacial score (nSPS) is 19.6. The SMILES string of the molecule is CCCCCN1CCN(C2=Nc3ccccc3Sc3ccccc32)CC1CC. The zero-order valence-electron chi connectivity index (χ0n) is 17.1. The van der Waals surface area contributed by atoms with Crippen molar-refractivity contribution in [3.63, 3.8) is 0 Å². The molecule has 4 rings (SSSR count). The second-order valence-corrected chi connectivity index (χ2v) is 8.84. The van der Waals surface area contributed by atoms with Crippen molar-refractivity contribution >= 4 is 23.3 Å². The number of benzene rings is 2. The molecule has 0 radical (unpaired) electrons. The Balaban J connectivity index is 1.62. The molecule has 1 atom stereocenters. The molecule has 148 valence electrons. The smallest absolute Gasteiger partial charge is 0.137 e. The lowest BCUT2D eigenvalue weighted by Crippen LogP contribution is -2.54. The summed E-state index contributed by atoms with van der Waals surface area (Å²) in [5, 5.41) is 0. The summed E-state index contributed by atoms with van der Waals surface area (Å²) in [7, 11) is 0. The number of amidine groups is 1. The second-order valence-electron chi connectivity index (χ2n) is 7.75. The van der Waals surface area contributed by atoms with Crippen molar-refractivity contribution in [2.45, 2.75) is 55.4 Å². The number of para-hydroxylation sites is 1. The summed E-state index contributed by atoms with van der Waals surface area (Å²) in [4.78, 5) is 13.0. The van der Waals surface area contributed by atoms with Crippen LogP contribution in [0.4, 0.5) is 5.69 Å². The van der Waals surface area contributed by atoms with E-state index < -0.39 is 0 Å². The van der Waals surface area contributed by atoms with Gasteiger partial charge in [-0.3, -0.25) is 4.90 Å². The van der Waals surface area contributed by atoms with Crippen molar-refractivity contribution in [1.29, 1.82) is 0 Å². The number of piperazine rings is 1. The van der Waals surface area contributed by atoms with Crippen molar-refractivity contribution in [1.82, 2.24) is 9.80 Å². The lowest BCUT2D eigenvalue weighted by atomic mass is 10.1. The molecule has 28 heavy (non-hydrogen) atoms. The first kappa shape index (κ1) is 19.5. The van der Waals surface area contributed by atoms with E-state index in [9.17, 15) is 0 Å². The van der Waals surface area contributed by atoms with Gasteiger partial charge in [0.2, 0.25) is 0 Å². The van der Waals surface area contributed by atoms with E-state index in [-0.39, 0.29) is 0 Å². The molecule has 0 aliphatic carbocycles. The van der Waals surface area contributed by atoms with E-state index in [2.05, 4.69) is 72.2 Å². The van der Waals surface area contributed by atoms with Gasteiger partial charge < -0.3 is 4.90 Å². The third-order valence-electron chi connectivity index (χ3n) is 5.86. The summed E-state index contributed by atoms with van der Waals surface area (Å²) < 4.78 is 0. The standard InChI is InChI=1S/C24H31N3S/c1-3-5-10-15-26-16-17-27(18-19(26)4-2)24-20-11-6-8-13-22(20)28-23-14-9-7-12-21(23)25-24/h6-9,11-14,19H,3-5,10,15-18H2,1-2H3. The zero-order valence-corrected chi connectivity index (χ0v) is 17.9. The number of rotatable bonds is 5. The lowest BCUT2D eigenvalue weighted by Gasteiger charge is -2.42. The number of unbranched alkanes of at least 4 members (excludes halogenated alkanes) is 2. The van der Waals surface area contributed by atoms with E-state index in [0.717, 1.165) is 31.2 Å². The summed E-state index contributed by atoms with van der Waals surface area (Å²) in [5.74, 6) is 1.15. The van der Waals surface area contributed by atoms with Crippen LogP contribution in [0.25, 0.3) is 0 Å². The zero-order chi connectivity index (χ0) is 19.3. The fraction of sp³-hybridized carbons (Fsp3) is 0.458. The van der Waals surface area contributed by atoms with Gasteiger partial charge in [-0.25, -0.2) is 4.99 Å². The molecule has 0 spiro atoms. The number of hydrogen-bond donors (Lipinski definition) is 0. The molecular weight excluding hydrogens is 362 g/mol. The van der Waals surface area contributed by atoms with Gasteiger partial charge in [-0.05, 0) is 37.6 Å². The Hall–Kier alpha value is -1.78. The fourth-order valence-electron chi connectivity index (χ4n) is 4.24. The van der Waals surface area contributed by atoms with E-state index in [1.807, 2.05) is 11.8 Å². The minimum Gasteiger partial charge on any atom is -0.353 e. The summed E-state index contributed by atoms with van der Waals surface area (Å²) >= 11 is 1.84. The largest absolute Gasteiger partial charge is 0.353 e. The molecule has 2 aliphatic heterocycles. The van der Waals surface area contributed by atoms with E-state index >= 15 is 0 Å². The number of hydrogen-bond acceptors (Lipinski definition) is 4. The van der Waals surface area contributed by atoms with Gasteiger partial charge in [0.15, 0.2) is 0 Å². The number of nitrogens with zero attached hydrogens (tertiary/aromatic N) is 3. The quantitative estimate of drug-likeness (QED) is 0.597. The lowest BCUT2D eigenvalue weighted by molar-refractivity contribution is 0.107. The number of fused-ring (bicyclic) bond motifs is 2. The maximum atomic E-state index is 5.18. The van der Waals surface area contributed by atoms with Crippen LogP contribution in [0.15, 0.2) is 63.3 Å². The van der Waals surface area contributed by atoms with Gasteiger partial charge in [0.25, 0.3) is 0 Å². The van der Waals surface area contributed by atoms with Crippen LogP contribution in [0.2, 0.25) is 0 Å². The summed E-state index contributed by atoms with van der Waals surface area (Å²) in [5.41, 5.74) is 2.37. The average molecular weight is 394 g/mol. The van der Waals surface area contributed by atoms with Crippen LogP contribution in [0.5, 0.6) is 0 Å². The highest BCUT2D eigenvalue weighted by atomic mass is 32.2. The molecule has 3 nitrogen and oxygen atoms in total. The van der Waals surface area contributed by atoms with Crippen LogP contribution < -0.4 is 0 Å². The third-order valence-corrected chi connectivity index (χ3v) is 7.00. The van der Waals surface area contributed by atoms with Gasteiger partial charge in [0, 0.05) is 41.0 Å². The maximum Gasteiger partial charge on any atom is 0.137 e. The maximum absolute atomic E-state index is 5.18. The first-order valence-corrected chi connectivity index (χ1v) is 11.6. The highest BCUT2D eigenvalue weighted by molar-refractivity contribution is 7.99. The Bertz CT molecular complexity index is 832. The minimum absolute atomic E-state index is 0.617. The van der Waals surface area contributed by atoms with Gasteiger partial charge in [0.05, 0.1) is 5.69 Å². The Morgan fingerprint density at radius 3 is 2.57 bits per heavy atom. The Morgan fingerprint density at radius 1 is 0.964 bits per heavy atom. The molecule has 1 unspecified atom stereocenters. The van der Waals surface area contributed by atoms with Gasteiger partial charge in [-0.2, -0.15) is 0 Å². The van der Waals surface area contributed by atoms with Crippen LogP contribution in [0.3, 0.4) is 0 Å². The number of aliphatic imine (C=N–C) groups is 1. The molecule has 0 amide bonds. The van der Waals surface area contributed by atoms with E-state index in [1.54, 1.807) is 0 Å². The molecule has 2 aromatic carbocycles. The van der Waals surface area contributed by atoms with E-state index in [4.69, 9.17) is 4.99 Å². The Kier molecular flexibility index (Phi) is 6.38. The molecule has 2 heterocycles. The van der Waals surface area contributed by atoms with E-state index in [1.165, 1.54) is 47.6 Å². The summed E-state index contributed by atoms with van der Waals surface area (Å²) in [6.07, 6.45) is 5.15. The molecule has 0 N–H and O–H groups in total. The van der Waals surface area contributed by atoms with Gasteiger partial charge in [0.1, 0.15) is 5.84 Å². The molecule has 0 bridgehead atoms. The minimum atomic E-state index is 0.617. The molecule has 0 saturated carbocycles. The first-order valence-electron chi connectivity index (χ1n) is 10.7. The molecule has 2 aliphatic rings. The van der Waals surface area contributed by atoms with Crippen molar-refractivity contribution < 1.29 is 0 Å². The summed E-state index contributed by atoms with van der Waals surface area (Å²) in [6.45, 7) is 9.12. The predicted molar refractivity (Wildman–Crippen MR) is 120 cm³/mol. The van der Waals surface area contributed by atoms with Crippen LogP contribution in [-0.4, -0.2) is 47.9 Å². The molecule has 1 saturated heterocycles. The Labute approximate surface area is 173 Å². The highest BCUT2D eigenvalue weighted by Gasteiger charge is 2.29. The summed E-state index contributed by atoms with van der Waals surface area (Å²) in [6, 6.07) is 17.9. The molecular formula is C24H31N3S. The van der Waals surface area contributed by atoms with Crippen LogP contribution in [0, 0.1) is 0 Å². The highest BCUT2D eigenvalue weighted by Crippen LogP contribution is 2.40. The third kappa shape index (κ3) is 4.13. The molecule has 4 heteroatoms. The second kappa shape index (κ2) is 9.15. The molecule has 1 fully saturated rings. The predicted octanol–water partition coefficient (Wildman–Crippen LogP) is 5.82. The van der Waals surface area contributed by atoms with Crippen molar-refractivity contribution in [3.05, 3.63) is 54.1 Å². The Morgan fingerprint density at radius 2 is 1.75 bits per heavy atom. The monoisotopic (exact) mass is 393 g/mol. The van der Waals surface area contributed by atoms with Gasteiger partial charge in [-0.15, -0.1) is 0 Å². The van der Waals surface area contributed by atoms with E-state index in [0.29, 0.717) is 6.04 Å². The van der Waals surface area contributed by atoms with Crippen molar-refractivity contribution in [3.8, 4) is 0 Å². The topological polar surface area (TPSA) is 18.8 Å². The van der Waals surface area contributed by atoms with Crippen LogP contribution >= 0.6 is 11.8 Å². The van der Waals surface area contributed by atoms with Crippen LogP contribution in [0.1, 0.15) is 45.1 Å². The van der Waals surface area contributed by atoms with Crippen molar-refractivity contribution in [2.24, 2.45) is 4.99 Å². The first-order chi connectivity index (χ1) is 13.8. The fourth-order valence-corrected chi connectivity index (χ4v) is 5.26. The van der Waals surface area contributed by atoms with Gasteiger partial charge in [-0.1, -0.05) is 68.8 Å². The van der Waals surface area contributed by atoms with Gasteiger partial charge >= 0.3 is 0 Å². The molecule has 0 aromatic heterocycles. The van der Waals surface area contributed by atoms with Crippen molar-refractivity contribution in [2.75, 3.05) is 26.2 Å². The molecule has 2 aromatic rings. The van der Waals surface area contributed by atoms with Crippen LogP contribution in [-0.2, 0) is 0 Å².